The number of hydrogen-bond donors (Lipinski definition) is 1. The molecule has 0 saturated heterocycles. The molecule has 0 spiro atoms. The Bertz CT molecular complexity index is 482. The van der Waals surface area contributed by atoms with Crippen molar-refractivity contribution < 1.29 is 22.3 Å². The van der Waals surface area contributed by atoms with Crippen LogP contribution in [0.4, 0.5) is 4.39 Å². The standard InChI is InChI=1S/C8H10FNO4S2/c1-5(11)14-7(9)4-6-2-3-15-8(6)16(10,12)13/h2-3,7H,4H2,1H3,(H2,10,12,13). The van der Waals surface area contributed by atoms with E-state index in [2.05, 4.69) is 4.74 Å². The molecule has 1 rings (SSSR count). The minimum atomic E-state index is -3.85. The van der Waals surface area contributed by atoms with E-state index in [0.29, 0.717) is 0 Å². The first-order valence-electron chi connectivity index (χ1n) is 4.21. The average molecular weight is 267 g/mol. The van der Waals surface area contributed by atoms with Crippen LogP contribution in [-0.2, 0) is 26.0 Å². The molecule has 1 heterocycles. The summed E-state index contributed by atoms with van der Waals surface area (Å²) in [5.74, 6) is -0.764. The molecule has 0 aliphatic heterocycles. The quantitative estimate of drug-likeness (QED) is 0.817. The third kappa shape index (κ3) is 3.54. The zero-order valence-electron chi connectivity index (χ0n) is 8.34. The number of primary sulfonamides is 1. The van der Waals surface area contributed by atoms with Crippen molar-refractivity contribution in [3.63, 3.8) is 0 Å². The van der Waals surface area contributed by atoms with Gasteiger partial charge in [0.25, 0.3) is 0 Å². The van der Waals surface area contributed by atoms with Crippen LogP contribution in [-0.4, -0.2) is 20.7 Å². The third-order valence-corrected chi connectivity index (χ3v) is 4.15. The van der Waals surface area contributed by atoms with E-state index in [1.165, 1.54) is 11.4 Å². The minimum absolute atomic E-state index is 0.109. The summed E-state index contributed by atoms with van der Waals surface area (Å²) in [6.45, 7) is 1.07. The Morgan fingerprint density at radius 1 is 1.69 bits per heavy atom. The highest BCUT2D eigenvalue weighted by molar-refractivity contribution is 7.91. The number of hydrogen-bond acceptors (Lipinski definition) is 5. The maximum absolute atomic E-state index is 13.1. The monoisotopic (exact) mass is 267 g/mol. The molecule has 5 nitrogen and oxygen atoms in total. The van der Waals surface area contributed by atoms with Gasteiger partial charge in [-0.3, -0.25) is 4.79 Å². The largest absolute Gasteiger partial charge is 0.431 e. The summed E-state index contributed by atoms with van der Waals surface area (Å²) in [5.41, 5.74) is 0.209. The van der Waals surface area contributed by atoms with Crippen LogP contribution in [0, 0.1) is 0 Å². The highest BCUT2D eigenvalue weighted by Gasteiger charge is 2.20. The van der Waals surface area contributed by atoms with Crippen molar-refractivity contribution >= 4 is 27.3 Å². The first kappa shape index (κ1) is 13.1. The molecule has 0 aliphatic rings. The molecule has 8 heteroatoms. The zero-order valence-corrected chi connectivity index (χ0v) is 9.98. The van der Waals surface area contributed by atoms with Crippen molar-refractivity contribution in [1.29, 1.82) is 0 Å². The predicted octanol–water partition coefficient (Wildman–Crippen LogP) is 0.797. The van der Waals surface area contributed by atoms with Gasteiger partial charge in [0.2, 0.25) is 16.4 Å². The molecule has 0 fully saturated rings. The topological polar surface area (TPSA) is 86.5 Å². The number of sulfonamides is 1. The van der Waals surface area contributed by atoms with Crippen molar-refractivity contribution in [2.75, 3.05) is 0 Å². The van der Waals surface area contributed by atoms with E-state index < -0.39 is 22.4 Å². The lowest BCUT2D eigenvalue weighted by atomic mass is 10.2. The average Bonchev–Trinajstić information content (AvgIpc) is 2.48. The molecule has 1 atom stereocenters. The van der Waals surface area contributed by atoms with Gasteiger partial charge in [0.1, 0.15) is 4.21 Å². The molecule has 2 N–H and O–H groups in total. The third-order valence-electron chi connectivity index (χ3n) is 1.64. The lowest BCUT2D eigenvalue weighted by Crippen LogP contribution is -2.17. The van der Waals surface area contributed by atoms with Crippen LogP contribution in [0.5, 0.6) is 0 Å². The van der Waals surface area contributed by atoms with Crippen molar-refractivity contribution in [3.8, 4) is 0 Å². The Labute approximate surface area is 96.1 Å². The van der Waals surface area contributed by atoms with Crippen LogP contribution < -0.4 is 5.14 Å². The molecule has 0 aliphatic carbocycles. The number of alkyl halides is 1. The number of ether oxygens (including phenoxy) is 1. The molecule has 1 aromatic rings. The van der Waals surface area contributed by atoms with Gasteiger partial charge >= 0.3 is 5.97 Å². The second-order valence-electron chi connectivity index (χ2n) is 3.00. The van der Waals surface area contributed by atoms with Gasteiger partial charge < -0.3 is 4.74 Å². The number of thiophene rings is 1. The second kappa shape index (κ2) is 4.89. The Kier molecular flexibility index (Phi) is 4.00. The molecule has 16 heavy (non-hydrogen) atoms. The first-order valence-corrected chi connectivity index (χ1v) is 6.63. The summed E-state index contributed by atoms with van der Waals surface area (Å²) in [7, 11) is -3.85. The maximum atomic E-state index is 13.1. The van der Waals surface area contributed by atoms with E-state index in [4.69, 9.17) is 5.14 Å². The molecule has 0 aromatic carbocycles. The van der Waals surface area contributed by atoms with Crippen molar-refractivity contribution in [1.82, 2.24) is 0 Å². The van der Waals surface area contributed by atoms with Crippen molar-refractivity contribution in [2.24, 2.45) is 5.14 Å². The van der Waals surface area contributed by atoms with Gasteiger partial charge in [-0.2, -0.15) is 0 Å². The number of carbonyl (C=O) groups is 1. The van der Waals surface area contributed by atoms with Gasteiger partial charge in [0.05, 0.1) is 0 Å². The van der Waals surface area contributed by atoms with E-state index in [1.54, 1.807) is 0 Å². The number of carbonyl (C=O) groups excluding carboxylic acids is 1. The number of halogens is 1. The summed E-state index contributed by atoms with van der Waals surface area (Å²) in [5, 5.41) is 6.41. The van der Waals surface area contributed by atoms with Crippen LogP contribution in [0.25, 0.3) is 0 Å². The molecule has 1 aromatic heterocycles. The lowest BCUT2D eigenvalue weighted by Gasteiger charge is -2.07. The van der Waals surface area contributed by atoms with Crippen LogP contribution in [0.3, 0.4) is 0 Å². The molecule has 0 saturated carbocycles. The molecular weight excluding hydrogens is 257 g/mol. The van der Waals surface area contributed by atoms with Gasteiger partial charge in [-0.15, -0.1) is 11.3 Å². The number of nitrogens with two attached hydrogens (primary N) is 1. The van der Waals surface area contributed by atoms with Gasteiger partial charge in [0.15, 0.2) is 0 Å². The molecule has 1 unspecified atom stereocenters. The Morgan fingerprint density at radius 3 is 2.81 bits per heavy atom. The van der Waals surface area contributed by atoms with E-state index in [1.807, 2.05) is 0 Å². The molecule has 0 amide bonds. The minimum Gasteiger partial charge on any atom is -0.431 e. The predicted molar refractivity (Wildman–Crippen MR) is 56.1 cm³/mol. The Morgan fingerprint density at radius 2 is 2.31 bits per heavy atom. The summed E-state index contributed by atoms with van der Waals surface area (Å²) in [6, 6.07) is 1.43. The summed E-state index contributed by atoms with van der Waals surface area (Å²) >= 11 is 0.897. The van der Waals surface area contributed by atoms with E-state index >= 15 is 0 Å². The molecular formula is C8H10FNO4S2. The molecule has 0 radical (unpaired) electrons. The smallest absolute Gasteiger partial charge is 0.305 e. The maximum Gasteiger partial charge on any atom is 0.305 e. The fourth-order valence-electron chi connectivity index (χ4n) is 1.12. The second-order valence-corrected chi connectivity index (χ2v) is 5.67. The molecule has 0 bridgehead atoms. The SMILES string of the molecule is CC(=O)OC(F)Cc1ccsc1S(N)(=O)=O. The Hall–Kier alpha value is -0.990. The van der Waals surface area contributed by atoms with E-state index in [9.17, 15) is 17.6 Å². The van der Waals surface area contributed by atoms with Crippen LogP contribution in [0.2, 0.25) is 0 Å². The van der Waals surface area contributed by atoms with Gasteiger partial charge in [0, 0.05) is 13.3 Å². The van der Waals surface area contributed by atoms with Crippen molar-refractivity contribution in [2.45, 2.75) is 23.9 Å². The number of rotatable bonds is 4. The highest BCUT2D eigenvalue weighted by atomic mass is 32.2. The van der Waals surface area contributed by atoms with Gasteiger partial charge in [-0.25, -0.2) is 17.9 Å². The van der Waals surface area contributed by atoms with E-state index in [0.717, 1.165) is 18.3 Å². The molecule has 90 valence electrons. The van der Waals surface area contributed by atoms with Crippen molar-refractivity contribution in [3.05, 3.63) is 17.0 Å². The van der Waals surface area contributed by atoms with Crippen LogP contribution in [0.1, 0.15) is 12.5 Å². The fourth-order valence-corrected chi connectivity index (χ4v) is 3.00. The zero-order chi connectivity index (χ0) is 12.3. The summed E-state index contributed by atoms with van der Waals surface area (Å²) in [4.78, 5) is 10.5. The number of esters is 1. The van der Waals surface area contributed by atoms with E-state index in [-0.39, 0.29) is 16.2 Å². The van der Waals surface area contributed by atoms with Gasteiger partial charge in [-0.1, -0.05) is 0 Å². The fraction of sp³-hybridized carbons (Fsp3) is 0.375. The van der Waals surface area contributed by atoms with Gasteiger partial charge in [-0.05, 0) is 17.0 Å². The van der Waals surface area contributed by atoms with Crippen LogP contribution in [0.15, 0.2) is 15.7 Å². The highest BCUT2D eigenvalue weighted by Crippen LogP contribution is 2.23. The summed E-state index contributed by atoms with van der Waals surface area (Å²) in [6.07, 6.45) is -2.19. The lowest BCUT2D eigenvalue weighted by molar-refractivity contribution is -0.154. The first-order chi connectivity index (χ1) is 7.30. The normalized spacial score (nSPS) is 13.4. The van der Waals surface area contributed by atoms with Crippen LogP contribution >= 0.6 is 11.3 Å². The summed E-state index contributed by atoms with van der Waals surface area (Å²) < 4.78 is 39.4. The Balaban J connectivity index is 2.83.